The smallest absolute Gasteiger partial charge is 0.0948 e. The molecular weight excluding hydrogens is 248 g/mol. The SMILES string of the molecule is CCn1cncc1C1C(CNC2CC2)CCCCN1C. The molecule has 2 unspecified atom stereocenters. The van der Waals surface area contributed by atoms with E-state index in [0.717, 1.165) is 19.1 Å². The Balaban J connectivity index is 1.79. The first-order valence-corrected chi connectivity index (χ1v) is 8.23. The van der Waals surface area contributed by atoms with Crippen molar-refractivity contribution in [2.75, 3.05) is 20.1 Å². The predicted molar refractivity (Wildman–Crippen MR) is 81.6 cm³/mol. The minimum absolute atomic E-state index is 0.520. The van der Waals surface area contributed by atoms with Gasteiger partial charge in [-0.25, -0.2) is 4.98 Å². The first-order chi connectivity index (χ1) is 9.79. The number of imidazole rings is 1. The summed E-state index contributed by atoms with van der Waals surface area (Å²) in [6.07, 6.45) is 10.8. The maximum atomic E-state index is 4.39. The fourth-order valence-electron chi connectivity index (χ4n) is 3.55. The van der Waals surface area contributed by atoms with E-state index in [4.69, 9.17) is 0 Å². The number of nitrogens with one attached hydrogen (secondary N) is 1. The van der Waals surface area contributed by atoms with Gasteiger partial charge in [-0.15, -0.1) is 0 Å². The van der Waals surface area contributed by atoms with Crippen LogP contribution in [-0.2, 0) is 6.54 Å². The Morgan fingerprint density at radius 3 is 2.90 bits per heavy atom. The molecule has 1 aromatic heterocycles. The maximum absolute atomic E-state index is 4.39. The number of aryl methyl sites for hydroxylation is 1. The molecule has 2 atom stereocenters. The van der Waals surface area contributed by atoms with E-state index in [2.05, 4.69) is 39.9 Å². The van der Waals surface area contributed by atoms with Crippen LogP contribution in [0.15, 0.2) is 12.5 Å². The highest BCUT2D eigenvalue weighted by molar-refractivity contribution is 5.09. The van der Waals surface area contributed by atoms with E-state index in [0.29, 0.717) is 12.0 Å². The molecule has 0 aromatic carbocycles. The molecule has 2 aliphatic rings. The van der Waals surface area contributed by atoms with Crippen LogP contribution in [0.4, 0.5) is 0 Å². The number of aromatic nitrogens is 2. The average Bonchev–Trinajstić information content (AvgIpc) is 3.20. The Morgan fingerprint density at radius 1 is 1.30 bits per heavy atom. The fourth-order valence-corrected chi connectivity index (χ4v) is 3.55. The number of likely N-dealkylation sites (tertiary alicyclic amines) is 1. The minimum Gasteiger partial charge on any atom is -0.333 e. The minimum atomic E-state index is 0.520. The fraction of sp³-hybridized carbons (Fsp3) is 0.812. The highest BCUT2D eigenvalue weighted by atomic mass is 15.2. The second kappa shape index (κ2) is 6.27. The third kappa shape index (κ3) is 3.07. The summed E-state index contributed by atoms with van der Waals surface area (Å²) in [5, 5.41) is 3.75. The van der Waals surface area contributed by atoms with Crippen molar-refractivity contribution in [2.24, 2.45) is 5.92 Å². The van der Waals surface area contributed by atoms with Gasteiger partial charge in [-0.2, -0.15) is 0 Å². The third-order valence-electron chi connectivity index (χ3n) is 4.89. The zero-order chi connectivity index (χ0) is 13.9. The van der Waals surface area contributed by atoms with Gasteiger partial charge in [-0.05, 0) is 52.1 Å². The molecule has 20 heavy (non-hydrogen) atoms. The summed E-state index contributed by atoms with van der Waals surface area (Å²) in [5.74, 6) is 0.713. The zero-order valence-corrected chi connectivity index (χ0v) is 12.9. The molecule has 0 radical (unpaired) electrons. The van der Waals surface area contributed by atoms with E-state index in [9.17, 15) is 0 Å². The molecule has 1 aliphatic carbocycles. The first kappa shape index (κ1) is 14.1. The summed E-state index contributed by atoms with van der Waals surface area (Å²) in [6, 6.07) is 1.33. The average molecular weight is 276 g/mol. The van der Waals surface area contributed by atoms with Crippen LogP contribution in [0.5, 0.6) is 0 Å². The maximum Gasteiger partial charge on any atom is 0.0948 e. The quantitative estimate of drug-likeness (QED) is 0.896. The van der Waals surface area contributed by atoms with Crippen molar-refractivity contribution < 1.29 is 0 Å². The summed E-state index contributed by atoms with van der Waals surface area (Å²) in [4.78, 5) is 6.94. The van der Waals surface area contributed by atoms with Crippen LogP contribution in [0.2, 0.25) is 0 Å². The lowest BCUT2D eigenvalue weighted by molar-refractivity contribution is 0.180. The highest BCUT2D eigenvalue weighted by Gasteiger charge is 2.32. The van der Waals surface area contributed by atoms with E-state index in [-0.39, 0.29) is 0 Å². The zero-order valence-electron chi connectivity index (χ0n) is 12.9. The Kier molecular flexibility index (Phi) is 4.41. The molecule has 4 heteroatoms. The third-order valence-corrected chi connectivity index (χ3v) is 4.89. The lowest BCUT2D eigenvalue weighted by Crippen LogP contribution is -2.36. The van der Waals surface area contributed by atoms with Crippen LogP contribution in [0, 0.1) is 5.92 Å². The van der Waals surface area contributed by atoms with Gasteiger partial charge in [0.05, 0.1) is 18.1 Å². The summed E-state index contributed by atoms with van der Waals surface area (Å²) >= 11 is 0. The summed E-state index contributed by atoms with van der Waals surface area (Å²) < 4.78 is 2.32. The van der Waals surface area contributed by atoms with Gasteiger partial charge in [0.25, 0.3) is 0 Å². The summed E-state index contributed by atoms with van der Waals surface area (Å²) in [7, 11) is 2.28. The molecule has 4 nitrogen and oxygen atoms in total. The Bertz CT molecular complexity index is 424. The highest BCUT2D eigenvalue weighted by Crippen LogP contribution is 2.34. The van der Waals surface area contributed by atoms with Crippen molar-refractivity contribution in [2.45, 2.75) is 57.7 Å². The molecule has 2 fully saturated rings. The van der Waals surface area contributed by atoms with Crippen LogP contribution >= 0.6 is 0 Å². The molecule has 1 aromatic rings. The van der Waals surface area contributed by atoms with Crippen molar-refractivity contribution in [3.05, 3.63) is 18.2 Å². The van der Waals surface area contributed by atoms with Crippen molar-refractivity contribution in [1.29, 1.82) is 0 Å². The summed E-state index contributed by atoms with van der Waals surface area (Å²) in [5.41, 5.74) is 1.40. The monoisotopic (exact) mass is 276 g/mol. The van der Waals surface area contributed by atoms with Gasteiger partial charge < -0.3 is 9.88 Å². The van der Waals surface area contributed by atoms with Crippen LogP contribution < -0.4 is 5.32 Å². The molecule has 2 heterocycles. The lowest BCUT2D eigenvalue weighted by Gasteiger charge is -2.33. The van der Waals surface area contributed by atoms with Crippen LogP contribution in [0.25, 0.3) is 0 Å². The molecule has 0 amide bonds. The molecular formula is C16H28N4. The molecule has 0 spiro atoms. The van der Waals surface area contributed by atoms with Gasteiger partial charge >= 0.3 is 0 Å². The van der Waals surface area contributed by atoms with Gasteiger partial charge in [0.15, 0.2) is 0 Å². The van der Waals surface area contributed by atoms with E-state index >= 15 is 0 Å². The number of rotatable bonds is 5. The van der Waals surface area contributed by atoms with Gasteiger partial charge in [0.1, 0.15) is 0 Å². The molecule has 1 aliphatic heterocycles. The van der Waals surface area contributed by atoms with Gasteiger partial charge in [-0.3, -0.25) is 4.90 Å². The van der Waals surface area contributed by atoms with Gasteiger partial charge in [0.2, 0.25) is 0 Å². The summed E-state index contributed by atoms with van der Waals surface area (Å²) in [6.45, 7) is 5.59. The van der Waals surface area contributed by atoms with E-state index in [1.807, 2.05) is 6.33 Å². The van der Waals surface area contributed by atoms with Crippen LogP contribution in [-0.4, -0.2) is 40.6 Å². The van der Waals surface area contributed by atoms with Crippen molar-refractivity contribution in [3.8, 4) is 0 Å². The van der Waals surface area contributed by atoms with Gasteiger partial charge in [-0.1, -0.05) is 6.42 Å². The van der Waals surface area contributed by atoms with Crippen molar-refractivity contribution >= 4 is 0 Å². The second-order valence-corrected chi connectivity index (χ2v) is 6.47. The van der Waals surface area contributed by atoms with E-state index in [1.54, 1.807) is 0 Å². The molecule has 1 saturated carbocycles. The predicted octanol–water partition coefficient (Wildman–Crippen LogP) is 2.43. The van der Waals surface area contributed by atoms with E-state index < -0.39 is 0 Å². The molecule has 112 valence electrons. The standard InChI is InChI=1S/C16H28N4/c1-3-20-12-17-11-15(20)16-13(10-18-14-7-8-14)6-4-5-9-19(16)2/h11-14,16,18H,3-10H2,1-2H3. The van der Waals surface area contributed by atoms with E-state index in [1.165, 1.54) is 44.3 Å². The normalized spacial score (nSPS) is 28.5. The molecule has 3 rings (SSSR count). The largest absolute Gasteiger partial charge is 0.333 e. The van der Waals surface area contributed by atoms with Crippen molar-refractivity contribution in [3.63, 3.8) is 0 Å². The number of nitrogens with zero attached hydrogens (tertiary/aromatic N) is 3. The molecule has 1 saturated heterocycles. The second-order valence-electron chi connectivity index (χ2n) is 6.47. The topological polar surface area (TPSA) is 33.1 Å². The molecule has 1 N–H and O–H groups in total. The Morgan fingerprint density at radius 2 is 2.15 bits per heavy atom. The lowest BCUT2D eigenvalue weighted by atomic mass is 9.92. The Labute approximate surface area is 122 Å². The molecule has 0 bridgehead atoms. The Hall–Kier alpha value is -0.870. The van der Waals surface area contributed by atoms with Gasteiger partial charge in [0, 0.05) is 25.3 Å². The first-order valence-electron chi connectivity index (χ1n) is 8.23. The number of hydrogen-bond acceptors (Lipinski definition) is 3. The van der Waals surface area contributed by atoms with Crippen LogP contribution in [0.1, 0.15) is 50.8 Å². The van der Waals surface area contributed by atoms with Crippen molar-refractivity contribution in [1.82, 2.24) is 19.8 Å². The number of hydrogen-bond donors (Lipinski definition) is 1. The van der Waals surface area contributed by atoms with Crippen LogP contribution in [0.3, 0.4) is 0 Å².